The molecule has 180 valence electrons. The Labute approximate surface area is 205 Å². The van der Waals surface area contributed by atoms with Crippen molar-refractivity contribution in [1.29, 1.82) is 0 Å². The second kappa shape index (κ2) is 10.7. The zero-order chi connectivity index (χ0) is 24.2. The number of nitrogens with zero attached hydrogens (tertiary/aromatic N) is 4. The first-order valence-electron chi connectivity index (χ1n) is 11.6. The number of benzene rings is 1. The number of hydrogen-bond acceptors (Lipinski definition) is 4. The van der Waals surface area contributed by atoms with Gasteiger partial charge in [-0.2, -0.15) is 0 Å². The standard InChI is InChI=1S/C26H30ClFN4O2/c1-30(2)13-14-31(17-24-22(27)7-4-11-29-24)25(33)9-8-18-5-3-6-19-16-32(12-10-20(18)19)26(34)21-15-23(21)28/h3-9,11,21,23H,10,12-17H2,1-2H3/t21-,23+/m0/s1. The topological polar surface area (TPSA) is 56.8 Å². The number of carbonyl (C=O) groups excluding carboxylic acids is 2. The average Bonchev–Trinajstić information content (AvgIpc) is 3.56. The second-order valence-electron chi connectivity index (χ2n) is 9.18. The van der Waals surface area contributed by atoms with Crippen molar-refractivity contribution in [2.75, 3.05) is 33.7 Å². The van der Waals surface area contributed by atoms with Gasteiger partial charge in [-0.15, -0.1) is 0 Å². The molecule has 2 heterocycles. The summed E-state index contributed by atoms with van der Waals surface area (Å²) in [5.41, 5.74) is 3.82. The Morgan fingerprint density at radius 3 is 2.74 bits per heavy atom. The minimum absolute atomic E-state index is 0.0843. The van der Waals surface area contributed by atoms with Crippen LogP contribution in [0.5, 0.6) is 0 Å². The molecule has 6 nitrogen and oxygen atoms in total. The highest BCUT2D eigenvalue weighted by atomic mass is 35.5. The third-order valence-electron chi connectivity index (χ3n) is 6.35. The highest BCUT2D eigenvalue weighted by molar-refractivity contribution is 6.31. The molecule has 0 spiro atoms. The van der Waals surface area contributed by atoms with E-state index in [0.717, 1.165) is 23.2 Å². The van der Waals surface area contributed by atoms with Crippen molar-refractivity contribution in [3.8, 4) is 0 Å². The van der Waals surface area contributed by atoms with Gasteiger partial charge in [-0.25, -0.2) is 4.39 Å². The largest absolute Gasteiger partial charge is 0.338 e. The number of alkyl halides is 1. The first kappa shape index (κ1) is 24.4. The van der Waals surface area contributed by atoms with Crippen LogP contribution in [0.25, 0.3) is 6.08 Å². The number of rotatable bonds is 8. The molecular weight excluding hydrogens is 455 g/mol. The summed E-state index contributed by atoms with van der Waals surface area (Å²) in [7, 11) is 3.93. The predicted molar refractivity (Wildman–Crippen MR) is 131 cm³/mol. The number of likely N-dealkylation sites (N-methyl/N-ethyl adjacent to an activating group) is 1. The van der Waals surface area contributed by atoms with E-state index in [1.54, 1.807) is 34.2 Å². The van der Waals surface area contributed by atoms with Crippen molar-refractivity contribution >= 4 is 29.5 Å². The van der Waals surface area contributed by atoms with E-state index >= 15 is 0 Å². The number of carbonyl (C=O) groups is 2. The Morgan fingerprint density at radius 2 is 2.03 bits per heavy atom. The highest BCUT2D eigenvalue weighted by Gasteiger charge is 2.46. The summed E-state index contributed by atoms with van der Waals surface area (Å²) in [6.45, 7) is 2.65. The monoisotopic (exact) mass is 484 g/mol. The summed E-state index contributed by atoms with van der Waals surface area (Å²) < 4.78 is 13.3. The maximum absolute atomic E-state index is 13.3. The number of hydrogen-bond donors (Lipinski definition) is 0. The van der Waals surface area contributed by atoms with Gasteiger partial charge in [0.15, 0.2) is 0 Å². The van der Waals surface area contributed by atoms with Crippen LogP contribution in [-0.4, -0.2) is 71.4 Å². The smallest absolute Gasteiger partial charge is 0.246 e. The van der Waals surface area contributed by atoms with E-state index in [4.69, 9.17) is 11.6 Å². The van der Waals surface area contributed by atoms with Crippen LogP contribution in [0, 0.1) is 5.92 Å². The van der Waals surface area contributed by atoms with E-state index in [1.165, 1.54) is 0 Å². The molecule has 2 atom stereocenters. The fraction of sp³-hybridized carbons (Fsp3) is 0.423. The number of aromatic nitrogens is 1. The molecule has 4 rings (SSSR count). The van der Waals surface area contributed by atoms with E-state index in [9.17, 15) is 14.0 Å². The molecule has 1 aliphatic carbocycles. The van der Waals surface area contributed by atoms with Crippen LogP contribution >= 0.6 is 11.6 Å². The van der Waals surface area contributed by atoms with Gasteiger partial charge >= 0.3 is 0 Å². The molecule has 0 saturated heterocycles. The molecule has 0 radical (unpaired) electrons. The van der Waals surface area contributed by atoms with Gasteiger partial charge in [-0.1, -0.05) is 29.8 Å². The zero-order valence-electron chi connectivity index (χ0n) is 19.6. The van der Waals surface area contributed by atoms with Gasteiger partial charge in [-0.3, -0.25) is 14.6 Å². The molecule has 8 heteroatoms. The van der Waals surface area contributed by atoms with Crippen LogP contribution in [0.1, 0.15) is 28.8 Å². The van der Waals surface area contributed by atoms with Crippen molar-refractivity contribution in [2.24, 2.45) is 5.92 Å². The molecule has 0 unspecified atom stereocenters. The minimum Gasteiger partial charge on any atom is -0.338 e. The third kappa shape index (κ3) is 5.83. The van der Waals surface area contributed by atoms with E-state index in [2.05, 4.69) is 4.98 Å². The summed E-state index contributed by atoms with van der Waals surface area (Å²) >= 11 is 6.28. The third-order valence-corrected chi connectivity index (χ3v) is 6.70. The van der Waals surface area contributed by atoms with Crippen molar-refractivity contribution in [1.82, 2.24) is 19.7 Å². The molecule has 1 saturated carbocycles. The summed E-state index contributed by atoms with van der Waals surface area (Å²) in [6.07, 6.45) is 5.17. The number of amides is 2. The first-order valence-corrected chi connectivity index (χ1v) is 12.0. The number of pyridine rings is 1. The van der Waals surface area contributed by atoms with Crippen LogP contribution in [-0.2, 0) is 29.1 Å². The lowest BCUT2D eigenvalue weighted by Gasteiger charge is -2.30. The molecule has 2 aromatic rings. The molecule has 2 aliphatic rings. The molecule has 2 amide bonds. The number of halogens is 2. The normalized spacial score (nSPS) is 19.4. The summed E-state index contributed by atoms with van der Waals surface area (Å²) in [5.74, 6) is -0.654. The maximum atomic E-state index is 13.3. The van der Waals surface area contributed by atoms with Crippen LogP contribution in [0.2, 0.25) is 5.02 Å². The Morgan fingerprint density at radius 1 is 1.24 bits per heavy atom. The first-order chi connectivity index (χ1) is 16.3. The van der Waals surface area contributed by atoms with Crippen LogP contribution < -0.4 is 0 Å². The Kier molecular flexibility index (Phi) is 7.63. The molecular formula is C26H30ClFN4O2. The quantitative estimate of drug-likeness (QED) is 0.537. The van der Waals surface area contributed by atoms with Crippen LogP contribution in [0.15, 0.2) is 42.6 Å². The summed E-state index contributed by atoms with van der Waals surface area (Å²) in [4.78, 5) is 35.4. The van der Waals surface area contributed by atoms with Gasteiger partial charge in [0.1, 0.15) is 6.17 Å². The van der Waals surface area contributed by atoms with Crippen molar-refractivity contribution < 1.29 is 14.0 Å². The summed E-state index contributed by atoms with van der Waals surface area (Å²) in [5, 5.41) is 0.538. The van der Waals surface area contributed by atoms with Crippen molar-refractivity contribution in [3.05, 3.63) is 70.0 Å². The molecule has 0 N–H and O–H groups in total. The minimum atomic E-state index is -0.981. The van der Waals surface area contributed by atoms with Crippen molar-refractivity contribution in [2.45, 2.75) is 32.1 Å². The summed E-state index contributed by atoms with van der Waals surface area (Å²) in [6, 6.07) is 9.46. The lowest BCUT2D eigenvalue weighted by Crippen LogP contribution is -2.37. The van der Waals surface area contributed by atoms with Crippen LogP contribution in [0.3, 0.4) is 0 Å². The Hall–Kier alpha value is -2.77. The molecule has 1 aliphatic heterocycles. The SMILES string of the molecule is CN(C)CCN(Cc1ncccc1Cl)C(=O)C=Cc1cccc2c1CCN(C(=O)[C@H]1C[C@H]1F)C2. The van der Waals surface area contributed by atoms with E-state index in [-0.39, 0.29) is 11.8 Å². The van der Waals surface area contributed by atoms with E-state index in [1.807, 2.05) is 43.3 Å². The maximum Gasteiger partial charge on any atom is 0.246 e. The van der Waals surface area contributed by atoms with Crippen LogP contribution in [0.4, 0.5) is 4.39 Å². The van der Waals surface area contributed by atoms with Gasteiger partial charge in [0.05, 0.1) is 23.2 Å². The molecule has 1 aromatic carbocycles. The van der Waals surface area contributed by atoms with Gasteiger partial charge in [-0.05, 0) is 61.8 Å². The van der Waals surface area contributed by atoms with E-state index < -0.39 is 12.1 Å². The fourth-order valence-corrected chi connectivity index (χ4v) is 4.39. The molecule has 0 bridgehead atoms. The van der Waals surface area contributed by atoms with Gasteiger partial charge in [0.25, 0.3) is 0 Å². The average molecular weight is 485 g/mol. The van der Waals surface area contributed by atoms with E-state index in [0.29, 0.717) is 49.7 Å². The molecule has 34 heavy (non-hydrogen) atoms. The fourth-order valence-electron chi connectivity index (χ4n) is 4.21. The lowest BCUT2D eigenvalue weighted by atomic mass is 9.94. The molecule has 1 fully saturated rings. The zero-order valence-corrected chi connectivity index (χ0v) is 20.3. The lowest BCUT2D eigenvalue weighted by molar-refractivity contribution is -0.134. The Balaban J connectivity index is 1.47. The molecule has 1 aromatic heterocycles. The van der Waals surface area contributed by atoms with Gasteiger partial charge < -0.3 is 14.7 Å². The second-order valence-corrected chi connectivity index (χ2v) is 9.59. The number of fused-ring (bicyclic) bond motifs is 1. The highest BCUT2D eigenvalue weighted by Crippen LogP contribution is 2.36. The Bertz CT molecular complexity index is 1090. The van der Waals surface area contributed by atoms with Gasteiger partial charge in [0.2, 0.25) is 11.8 Å². The van der Waals surface area contributed by atoms with Crippen molar-refractivity contribution in [3.63, 3.8) is 0 Å². The van der Waals surface area contributed by atoms with Gasteiger partial charge in [0, 0.05) is 38.5 Å². The predicted octanol–water partition coefficient (Wildman–Crippen LogP) is 3.58.